The zero-order chi connectivity index (χ0) is 15.8. The number of halogens is 3. The minimum atomic E-state index is -4.91. The predicted octanol–water partition coefficient (Wildman–Crippen LogP) is 2.16. The summed E-state index contributed by atoms with van der Waals surface area (Å²) in [5, 5.41) is 15.0. The normalized spacial score (nSPS) is 22.4. The first kappa shape index (κ1) is 15.7. The number of anilines is 1. The lowest BCUT2D eigenvalue weighted by molar-refractivity contribution is -0.254. The van der Waals surface area contributed by atoms with E-state index in [0.717, 1.165) is 11.3 Å². The molecule has 116 valence electrons. The van der Waals surface area contributed by atoms with Crippen LogP contribution in [0.25, 0.3) is 0 Å². The number of esters is 1. The Bertz CT molecular complexity index is 587. The second-order valence-corrected chi connectivity index (χ2v) is 5.21. The van der Waals surface area contributed by atoms with Crippen LogP contribution in [-0.2, 0) is 4.74 Å². The molecule has 0 bridgehead atoms. The van der Waals surface area contributed by atoms with Crippen LogP contribution in [0.5, 0.6) is 0 Å². The van der Waals surface area contributed by atoms with Gasteiger partial charge in [-0.15, -0.1) is 11.3 Å². The van der Waals surface area contributed by atoms with Crippen molar-refractivity contribution < 1.29 is 27.8 Å². The van der Waals surface area contributed by atoms with Gasteiger partial charge in [0, 0.05) is 17.5 Å². The van der Waals surface area contributed by atoms with Crippen molar-refractivity contribution in [1.82, 2.24) is 4.98 Å². The maximum atomic E-state index is 13.1. The van der Waals surface area contributed by atoms with Gasteiger partial charge in [-0.2, -0.15) is 23.3 Å². The summed E-state index contributed by atoms with van der Waals surface area (Å²) >= 11 is 0.768. The number of nitrogens with zero attached hydrogens (tertiary/aromatic N) is 3. The van der Waals surface area contributed by atoms with E-state index in [-0.39, 0.29) is 23.1 Å². The van der Waals surface area contributed by atoms with Crippen molar-refractivity contribution in [3.63, 3.8) is 0 Å². The first-order valence-corrected chi connectivity index (χ1v) is 6.83. The molecule has 1 aromatic rings. The topological polar surface area (TPSA) is 75.0 Å². The molecule has 0 aromatic carbocycles. The molecule has 1 unspecified atom stereocenters. The van der Waals surface area contributed by atoms with Crippen LogP contribution in [0.4, 0.5) is 18.3 Å². The fraction of sp³-hybridized carbons (Fsp3) is 0.545. The van der Waals surface area contributed by atoms with Crippen molar-refractivity contribution in [1.29, 1.82) is 0 Å². The highest BCUT2D eigenvalue weighted by Crippen LogP contribution is 2.43. The van der Waals surface area contributed by atoms with Gasteiger partial charge in [0.25, 0.3) is 5.72 Å². The van der Waals surface area contributed by atoms with E-state index in [2.05, 4.69) is 10.1 Å². The number of hydrazone groups is 1. The lowest BCUT2D eigenvalue weighted by atomic mass is 10.1. The lowest BCUT2D eigenvalue weighted by Crippen LogP contribution is -2.55. The Morgan fingerprint density at radius 1 is 1.62 bits per heavy atom. The fourth-order valence-corrected chi connectivity index (χ4v) is 2.61. The number of carbonyl (C=O) groups excluding carboxylic acids is 1. The van der Waals surface area contributed by atoms with E-state index in [0.29, 0.717) is 5.01 Å². The summed E-state index contributed by atoms with van der Waals surface area (Å²) in [6.45, 7) is 3.09. The highest BCUT2D eigenvalue weighted by molar-refractivity contribution is 7.14. The molecule has 1 atom stereocenters. The summed E-state index contributed by atoms with van der Waals surface area (Å²) < 4.78 is 43.9. The van der Waals surface area contributed by atoms with E-state index in [1.54, 1.807) is 6.92 Å². The van der Waals surface area contributed by atoms with Gasteiger partial charge in [0.15, 0.2) is 5.69 Å². The van der Waals surface area contributed by atoms with E-state index in [9.17, 15) is 23.1 Å². The molecule has 1 aliphatic rings. The molecule has 0 spiro atoms. The van der Waals surface area contributed by atoms with E-state index in [1.165, 1.54) is 12.3 Å². The lowest BCUT2D eigenvalue weighted by Gasteiger charge is -2.32. The van der Waals surface area contributed by atoms with Gasteiger partial charge >= 0.3 is 12.1 Å². The van der Waals surface area contributed by atoms with Crippen molar-refractivity contribution in [3.8, 4) is 0 Å². The molecular weight excluding hydrogens is 311 g/mol. The van der Waals surface area contributed by atoms with E-state index in [1.807, 2.05) is 0 Å². The highest BCUT2D eigenvalue weighted by atomic mass is 32.1. The average Bonchev–Trinajstić information content (AvgIpc) is 2.93. The number of rotatable bonds is 3. The minimum absolute atomic E-state index is 0.114. The second-order valence-electron chi connectivity index (χ2n) is 4.37. The van der Waals surface area contributed by atoms with Crippen LogP contribution in [0.2, 0.25) is 0 Å². The summed E-state index contributed by atoms with van der Waals surface area (Å²) in [5.41, 5.74) is -3.16. The molecule has 0 saturated heterocycles. The summed E-state index contributed by atoms with van der Waals surface area (Å²) in [5.74, 6) is -0.740. The number of aliphatic hydroxyl groups is 1. The van der Waals surface area contributed by atoms with E-state index in [4.69, 9.17) is 4.74 Å². The Hall–Kier alpha value is -1.68. The van der Waals surface area contributed by atoms with Crippen molar-refractivity contribution in [2.45, 2.75) is 32.2 Å². The van der Waals surface area contributed by atoms with Crippen LogP contribution in [-0.4, -0.2) is 40.3 Å². The van der Waals surface area contributed by atoms with Gasteiger partial charge in [-0.25, -0.2) is 9.78 Å². The third-order valence-corrected chi connectivity index (χ3v) is 3.55. The molecule has 2 heterocycles. The first-order valence-electron chi connectivity index (χ1n) is 5.95. The maximum Gasteiger partial charge on any atom is 0.438 e. The standard InChI is InChI=1S/C11H12F3N3O3S/c1-3-20-8(18)7-5-21-9(15-7)17-10(19,11(12,13)14)4-6(2)16-17/h5,19H,3-4H2,1-2H3. The molecule has 0 amide bonds. The molecule has 0 saturated carbocycles. The molecule has 2 rings (SSSR count). The minimum Gasteiger partial charge on any atom is -0.461 e. The van der Waals surface area contributed by atoms with Crippen molar-refractivity contribution >= 4 is 28.1 Å². The molecule has 0 radical (unpaired) electrons. The largest absolute Gasteiger partial charge is 0.461 e. The van der Waals surface area contributed by atoms with Gasteiger partial charge in [0.05, 0.1) is 6.61 Å². The molecule has 6 nitrogen and oxygen atoms in total. The van der Waals surface area contributed by atoms with Gasteiger partial charge in [0.1, 0.15) is 0 Å². The summed E-state index contributed by atoms with van der Waals surface area (Å²) in [7, 11) is 0. The van der Waals surface area contributed by atoms with Gasteiger partial charge in [-0.05, 0) is 13.8 Å². The number of alkyl halides is 3. The second kappa shape index (κ2) is 5.26. The van der Waals surface area contributed by atoms with E-state index >= 15 is 0 Å². The zero-order valence-electron chi connectivity index (χ0n) is 11.1. The molecule has 0 fully saturated rings. The average molecular weight is 323 g/mol. The monoisotopic (exact) mass is 323 g/mol. The Labute approximate surface area is 121 Å². The van der Waals surface area contributed by atoms with Crippen LogP contribution in [0.1, 0.15) is 30.8 Å². The molecular formula is C11H12F3N3O3S. The Morgan fingerprint density at radius 2 is 2.29 bits per heavy atom. The van der Waals surface area contributed by atoms with E-state index < -0.39 is 24.3 Å². The molecule has 10 heteroatoms. The van der Waals surface area contributed by atoms with Crippen LogP contribution in [0, 0.1) is 0 Å². The summed E-state index contributed by atoms with van der Waals surface area (Å²) in [4.78, 5) is 15.2. The predicted molar refractivity (Wildman–Crippen MR) is 69.3 cm³/mol. The third-order valence-electron chi connectivity index (χ3n) is 2.74. The van der Waals surface area contributed by atoms with Gasteiger partial charge in [-0.1, -0.05) is 0 Å². The molecule has 1 aromatic heterocycles. The highest BCUT2D eigenvalue weighted by Gasteiger charge is 2.62. The number of hydrogen-bond acceptors (Lipinski definition) is 7. The van der Waals surface area contributed by atoms with Gasteiger partial charge in [-0.3, -0.25) is 0 Å². The smallest absolute Gasteiger partial charge is 0.438 e. The SMILES string of the molecule is CCOC(=O)c1csc(N2N=C(C)CC2(O)C(F)(F)F)n1. The third kappa shape index (κ3) is 2.72. The number of hydrogen-bond donors (Lipinski definition) is 1. The Kier molecular flexibility index (Phi) is 3.93. The number of aromatic nitrogens is 1. The van der Waals surface area contributed by atoms with Gasteiger partial charge in [0.2, 0.25) is 5.13 Å². The first-order chi connectivity index (χ1) is 9.69. The number of thiazole rings is 1. The zero-order valence-corrected chi connectivity index (χ0v) is 12.0. The molecule has 21 heavy (non-hydrogen) atoms. The van der Waals surface area contributed by atoms with Crippen LogP contribution < -0.4 is 5.01 Å². The summed E-state index contributed by atoms with van der Waals surface area (Å²) in [6.07, 6.45) is -5.59. The van der Waals surface area contributed by atoms with Crippen molar-refractivity contribution in [2.75, 3.05) is 11.6 Å². The molecule has 1 aliphatic heterocycles. The Balaban J connectivity index is 2.34. The fourth-order valence-electron chi connectivity index (χ4n) is 1.80. The van der Waals surface area contributed by atoms with Crippen LogP contribution in [0.3, 0.4) is 0 Å². The van der Waals surface area contributed by atoms with Gasteiger partial charge < -0.3 is 9.84 Å². The molecule has 1 N–H and O–H groups in total. The van der Waals surface area contributed by atoms with Crippen molar-refractivity contribution in [3.05, 3.63) is 11.1 Å². The van der Waals surface area contributed by atoms with Crippen molar-refractivity contribution in [2.24, 2.45) is 5.10 Å². The maximum absolute atomic E-state index is 13.1. The molecule has 0 aliphatic carbocycles. The number of carbonyl (C=O) groups is 1. The van der Waals surface area contributed by atoms with Crippen LogP contribution >= 0.6 is 11.3 Å². The summed E-state index contributed by atoms with van der Waals surface area (Å²) in [6, 6.07) is 0. The quantitative estimate of drug-likeness (QED) is 0.863. The Morgan fingerprint density at radius 3 is 2.86 bits per heavy atom. The number of ether oxygens (including phenoxy) is 1. The van der Waals surface area contributed by atoms with Crippen LogP contribution in [0.15, 0.2) is 10.5 Å².